The van der Waals surface area contributed by atoms with Crippen molar-refractivity contribution in [3.8, 4) is 0 Å². The molecule has 3 fully saturated rings. The van der Waals surface area contributed by atoms with Gasteiger partial charge < -0.3 is 4.74 Å². The number of carbonyl (C=O) groups excluding carboxylic acids is 1. The van der Waals surface area contributed by atoms with E-state index in [0.29, 0.717) is 22.7 Å². The van der Waals surface area contributed by atoms with E-state index in [1.807, 2.05) is 13.2 Å². The van der Waals surface area contributed by atoms with Crippen molar-refractivity contribution in [3.63, 3.8) is 0 Å². The minimum absolute atomic E-state index is 0.210. The zero-order valence-electron chi connectivity index (χ0n) is 16.5. The van der Waals surface area contributed by atoms with Crippen molar-refractivity contribution < 1.29 is 9.53 Å². The van der Waals surface area contributed by atoms with Crippen LogP contribution >= 0.6 is 11.8 Å². The lowest BCUT2D eigenvalue weighted by Gasteiger charge is -2.60. The third kappa shape index (κ3) is 2.67. The van der Waals surface area contributed by atoms with E-state index in [1.54, 1.807) is 11.8 Å². The fourth-order valence-electron chi connectivity index (χ4n) is 7.20. The second kappa shape index (κ2) is 6.12. The van der Waals surface area contributed by atoms with Gasteiger partial charge in [-0.25, -0.2) is 0 Å². The summed E-state index contributed by atoms with van der Waals surface area (Å²) >= 11 is 1.62. The van der Waals surface area contributed by atoms with E-state index < -0.39 is 0 Å². The van der Waals surface area contributed by atoms with Crippen LogP contribution in [-0.2, 0) is 9.53 Å². The summed E-state index contributed by atoms with van der Waals surface area (Å²) in [5, 5.41) is 0.754. The van der Waals surface area contributed by atoms with E-state index in [4.69, 9.17) is 4.74 Å². The van der Waals surface area contributed by atoms with Crippen LogP contribution < -0.4 is 0 Å². The Labute approximate surface area is 157 Å². The highest BCUT2D eigenvalue weighted by Gasteiger charge is 2.60. The second-order valence-corrected chi connectivity index (χ2v) is 11.2. The molecule has 0 bridgehead atoms. The maximum atomic E-state index is 12.0. The highest BCUT2D eigenvalue weighted by Crippen LogP contribution is 2.67. The van der Waals surface area contributed by atoms with Gasteiger partial charge in [-0.1, -0.05) is 38.6 Å². The molecule has 3 heteroatoms. The molecule has 0 radical (unpaired) electrons. The summed E-state index contributed by atoms with van der Waals surface area (Å²) in [7, 11) is 1.87. The third-order valence-electron chi connectivity index (χ3n) is 8.74. The summed E-state index contributed by atoms with van der Waals surface area (Å²) in [4.78, 5) is 12.0. The monoisotopic (exact) mass is 362 g/mol. The Morgan fingerprint density at radius 1 is 1.28 bits per heavy atom. The minimum atomic E-state index is 0.210. The summed E-state index contributed by atoms with van der Waals surface area (Å²) < 4.78 is 5.71. The number of allylic oxidation sites excluding steroid dienone is 1. The van der Waals surface area contributed by atoms with Gasteiger partial charge in [-0.2, -0.15) is 0 Å². The molecule has 3 aliphatic carbocycles. The van der Waals surface area contributed by atoms with Gasteiger partial charge >= 0.3 is 0 Å². The van der Waals surface area contributed by atoms with Crippen LogP contribution in [0.25, 0.3) is 0 Å². The number of carbonyl (C=O) groups is 1. The molecule has 1 aliphatic heterocycles. The molecular weight excluding hydrogens is 328 g/mol. The molecule has 9 atom stereocenters. The van der Waals surface area contributed by atoms with Gasteiger partial charge in [0.2, 0.25) is 5.12 Å². The van der Waals surface area contributed by atoms with Crippen molar-refractivity contribution in [1.29, 1.82) is 0 Å². The summed E-state index contributed by atoms with van der Waals surface area (Å²) in [6, 6.07) is 0. The van der Waals surface area contributed by atoms with Crippen molar-refractivity contribution in [2.45, 2.75) is 71.2 Å². The quantitative estimate of drug-likeness (QED) is 0.664. The minimum Gasteiger partial charge on any atom is -0.381 e. The number of hydrogen-bond acceptors (Lipinski definition) is 3. The largest absolute Gasteiger partial charge is 0.381 e. The molecule has 0 aromatic carbocycles. The smallest absolute Gasteiger partial charge is 0.212 e. The van der Waals surface area contributed by atoms with Crippen LogP contribution in [-0.4, -0.2) is 23.6 Å². The first kappa shape index (κ1) is 18.1. The number of fused-ring (bicyclic) bond motifs is 5. The van der Waals surface area contributed by atoms with Crippen LogP contribution in [0, 0.1) is 40.4 Å². The molecule has 3 saturated carbocycles. The summed E-state index contributed by atoms with van der Waals surface area (Å²) in [6.07, 6.45) is 11.1. The van der Waals surface area contributed by atoms with Gasteiger partial charge in [0.15, 0.2) is 0 Å². The van der Waals surface area contributed by atoms with E-state index in [1.165, 1.54) is 32.1 Å². The van der Waals surface area contributed by atoms with E-state index in [9.17, 15) is 4.79 Å². The topological polar surface area (TPSA) is 26.3 Å². The van der Waals surface area contributed by atoms with Crippen LogP contribution in [0.5, 0.6) is 0 Å². The number of thioether (sulfide) groups is 1. The molecule has 4 aliphatic rings. The summed E-state index contributed by atoms with van der Waals surface area (Å²) in [6.45, 7) is 9.74. The average Bonchev–Trinajstić information content (AvgIpc) is 2.93. The molecule has 0 spiro atoms. The van der Waals surface area contributed by atoms with Crippen molar-refractivity contribution in [3.05, 3.63) is 12.2 Å². The molecule has 2 nitrogen and oxygen atoms in total. The van der Waals surface area contributed by atoms with Gasteiger partial charge in [0.05, 0.1) is 6.10 Å². The first-order chi connectivity index (χ1) is 11.8. The van der Waals surface area contributed by atoms with Gasteiger partial charge in [0, 0.05) is 17.8 Å². The van der Waals surface area contributed by atoms with Crippen molar-refractivity contribution in [1.82, 2.24) is 0 Å². The fraction of sp³-hybridized carbons (Fsp3) is 0.864. The summed E-state index contributed by atoms with van der Waals surface area (Å²) in [5.74, 6) is 3.84. The first-order valence-electron chi connectivity index (χ1n) is 10.2. The van der Waals surface area contributed by atoms with Gasteiger partial charge in [0.25, 0.3) is 0 Å². The molecule has 0 aromatic rings. The SMILES string of the molecule is COC(C)[C@H]1C[C@H]2[C@@H]3[C@@H](C)C[C@H]4SC(=O)C=C[C@]4(C)[C@H]3CC[C@]2(C)C1. The zero-order chi connectivity index (χ0) is 18.0. The molecule has 0 N–H and O–H groups in total. The highest BCUT2D eigenvalue weighted by molar-refractivity contribution is 8.14. The van der Waals surface area contributed by atoms with Crippen molar-refractivity contribution in [2.24, 2.45) is 40.4 Å². The van der Waals surface area contributed by atoms with Crippen LogP contribution in [0.4, 0.5) is 0 Å². The Morgan fingerprint density at radius 2 is 2.04 bits per heavy atom. The predicted molar refractivity (Wildman–Crippen MR) is 104 cm³/mol. The Morgan fingerprint density at radius 3 is 2.76 bits per heavy atom. The lowest BCUT2D eigenvalue weighted by molar-refractivity contribution is -0.108. The van der Waals surface area contributed by atoms with Crippen LogP contribution in [0.3, 0.4) is 0 Å². The summed E-state index contributed by atoms with van der Waals surface area (Å²) in [5.41, 5.74) is 0.708. The second-order valence-electron chi connectivity index (χ2n) is 9.96. The number of hydrogen-bond donors (Lipinski definition) is 0. The Kier molecular flexibility index (Phi) is 4.43. The highest BCUT2D eigenvalue weighted by atomic mass is 32.2. The lowest BCUT2D eigenvalue weighted by atomic mass is 9.48. The molecule has 140 valence electrons. The number of methoxy groups -OCH3 is 1. The predicted octanol–water partition coefficient (Wildman–Crippen LogP) is 5.32. The van der Waals surface area contributed by atoms with E-state index in [-0.39, 0.29) is 10.5 Å². The van der Waals surface area contributed by atoms with Crippen LogP contribution in [0.15, 0.2) is 12.2 Å². The molecule has 0 saturated heterocycles. The van der Waals surface area contributed by atoms with Crippen molar-refractivity contribution in [2.75, 3.05) is 7.11 Å². The zero-order valence-corrected chi connectivity index (χ0v) is 17.3. The molecule has 4 rings (SSSR count). The van der Waals surface area contributed by atoms with Crippen molar-refractivity contribution >= 4 is 16.9 Å². The van der Waals surface area contributed by atoms with Gasteiger partial charge in [-0.15, -0.1) is 0 Å². The molecule has 1 unspecified atom stereocenters. The normalized spacial score (nSPS) is 53.1. The maximum Gasteiger partial charge on any atom is 0.212 e. The lowest BCUT2D eigenvalue weighted by Crippen LogP contribution is -2.55. The van der Waals surface area contributed by atoms with Gasteiger partial charge in [-0.05, 0) is 80.1 Å². The van der Waals surface area contributed by atoms with E-state index in [2.05, 4.69) is 33.8 Å². The molecule has 0 aromatic heterocycles. The number of rotatable bonds is 2. The van der Waals surface area contributed by atoms with Crippen LogP contribution in [0.2, 0.25) is 0 Å². The Balaban J connectivity index is 1.66. The third-order valence-corrected chi connectivity index (χ3v) is 10.1. The molecule has 25 heavy (non-hydrogen) atoms. The molecule has 1 heterocycles. The standard InChI is InChI=1S/C22H34O2S/c1-13-10-18-22(4,9-7-19(23)25-18)16-6-8-21(3)12-15(14(2)24-5)11-17(21)20(13)16/h7,9,13-18,20H,6,8,10-12H2,1-5H3/t13-,14?,15-,16-,17-,18+,20+,21+,22+/m0/s1. The van der Waals surface area contributed by atoms with E-state index >= 15 is 0 Å². The Bertz CT molecular complexity index is 587. The molecular formula is C22H34O2S. The molecule has 0 amide bonds. The average molecular weight is 363 g/mol. The van der Waals surface area contributed by atoms with E-state index in [0.717, 1.165) is 23.7 Å². The number of ether oxygens (including phenoxy) is 1. The maximum absolute atomic E-state index is 12.0. The van der Waals surface area contributed by atoms with Gasteiger partial charge in [-0.3, -0.25) is 4.79 Å². The van der Waals surface area contributed by atoms with Gasteiger partial charge in [0.1, 0.15) is 0 Å². The Hall–Kier alpha value is -0.280. The van der Waals surface area contributed by atoms with Crippen LogP contribution in [0.1, 0.15) is 59.8 Å². The fourth-order valence-corrected chi connectivity index (χ4v) is 8.54. The first-order valence-corrected chi connectivity index (χ1v) is 11.1.